The third-order valence-electron chi connectivity index (χ3n) is 2.63. The number of rotatable bonds is 3. The van der Waals surface area contributed by atoms with Crippen LogP contribution in [0.4, 0.5) is 0 Å². The van der Waals surface area contributed by atoms with Crippen LogP contribution < -0.4 is 0 Å². The molecule has 0 amide bonds. The van der Waals surface area contributed by atoms with Gasteiger partial charge in [0.2, 0.25) is 0 Å². The fourth-order valence-corrected chi connectivity index (χ4v) is 1.75. The van der Waals surface area contributed by atoms with Crippen molar-refractivity contribution in [2.45, 2.75) is 46.1 Å². The molecule has 1 aliphatic heterocycles. The summed E-state index contributed by atoms with van der Waals surface area (Å²) >= 11 is 0. The normalized spacial score (nSPS) is 31.8. The van der Waals surface area contributed by atoms with Crippen LogP contribution in [0.1, 0.15) is 40.0 Å². The molecule has 0 bridgehead atoms. The molecule has 0 spiro atoms. The van der Waals surface area contributed by atoms with Gasteiger partial charge < -0.3 is 4.74 Å². The van der Waals surface area contributed by atoms with E-state index in [1.54, 1.807) is 0 Å². The van der Waals surface area contributed by atoms with Crippen LogP contribution >= 0.6 is 0 Å². The summed E-state index contributed by atoms with van der Waals surface area (Å²) in [5.41, 5.74) is 0. The maximum atomic E-state index is 11.1. The van der Waals surface area contributed by atoms with Gasteiger partial charge in [-0.25, -0.2) is 0 Å². The van der Waals surface area contributed by atoms with Crippen molar-refractivity contribution in [1.82, 2.24) is 0 Å². The van der Waals surface area contributed by atoms with Crippen LogP contribution in [0.15, 0.2) is 0 Å². The van der Waals surface area contributed by atoms with Gasteiger partial charge in [0, 0.05) is 0 Å². The molecule has 0 aromatic rings. The monoisotopic (exact) mass is 170 g/mol. The first-order valence-electron chi connectivity index (χ1n) is 4.85. The highest BCUT2D eigenvalue weighted by molar-refractivity contribution is 5.74. The summed E-state index contributed by atoms with van der Waals surface area (Å²) in [6.07, 6.45) is 3.43. The smallest absolute Gasteiger partial charge is 0.309 e. The first-order valence-corrected chi connectivity index (χ1v) is 4.85. The molecule has 12 heavy (non-hydrogen) atoms. The third-order valence-corrected chi connectivity index (χ3v) is 2.63. The largest absolute Gasteiger partial charge is 0.462 e. The Morgan fingerprint density at radius 1 is 1.67 bits per heavy atom. The van der Waals surface area contributed by atoms with Gasteiger partial charge >= 0.3 is 5.97 Å². The molecule has 0 saturated carbocycles. The van der Waals surface area contributed by atoms with Crippen molar-refractivity contribution in [3.63, 3.8) is 0 Å². The Kier molecular flexibility index (Phi) is 3.12. The second-order valence-corrected chi connectivity index (χ2v) is 3.88. The minimum atomic E-state index is -0.0112. The Bertz CT molecular complexity index is 165. The minimum Gasteiger partial charge on any atom is -0.462 e. The van der Waals surface area contributed by atoms with Gasteiger partial charge in [0.25, 0.3) is 0 Å². The van der Waals surface area contributed by atoms with Gasteiger partial charge in [-0.2, -0.15) is 0 Å². The Balaban J connectivity index is 2.40. The highest BCUT2D eigenvalue weighted by Crippen LogP contribution is 2.27. The molecular formula is C10H18O2. The molecule has 70 valence electrons. The molecule has 0 aromatic carbocycles. The van der Waals surface area contributed by atoms with Crippen LogP contribution in [0.25, 0.3) is 0 Å². The van der Waals surface area contributed by atoms with E-state index in [4.69, 9.17) is 4.74 Å². The van der Waals surface area contributed by atoms with Crippen molar-refractivity contribution in [2.24, 2.45) is 11.8 Å². The standard InChI is InChI=1S/C10H18O2/c1-4-5-7(2)9-6-8(3)10(11)12-9/h7-9H,4-6H2,1-3H3. The van der Waals surface area contributed by atoms with E-state index in [1.165, 1.54) is 6.42 Å². The SMILES string of the molecule is CCCC(C)C1CC(C)C(=O)O1. The Hall–Kier alpha value is -0.530. The zero-order valence-electron chi connectivity index (χ0n) is 8.17. The number of hydrogen-bond acceptors (Lipinski definition) is 2. The van der Waals surface area contributed by atoms with E-state index in [2.05, 4.69) is 13.8 Å². The number of ether oxygens (including phenoxy) is 1. The molecule has 0 aromatic heterocycles. The van der Waals surface area contributed by atoms with Crippen LogP contribution in [0.5, 0.6) is 0 Å². The second kappa shape index (κ2) is 3.92. The molecule has 0 radical (unpaired) electrons. The summed E-state index contributed by atoms with van der Waals surface area (Å²) in [6, 6.07) is 0. The molecular weight excluding hydrogens is 152 g/mol. The summed E-state index contributed by atoms with van der Waals surface area (Å²) in [5.74, 6) is 0.640. The fraction of sp³-hybridized carbons (Fsp3) is 0.900. The Morgan fingerprint density at radius 2 is 2.33 bits per heavy atom. The lowest BCUT2D eigenvalue weighted by Crippen LogP contribution is -2.16. The lowest BCUT2D eigenvalue weighted by Gasteiger charge is -2.16. The van der Waals surface area contributed by atoms with Crippen LogP contribution in [0.3, 0.4) is 0 Å². The molecule has 3 unspecified atom stereocenters. The second-order valence-electron chi connectivity index (χ2n) is 3.88. The Labute approximate surface area is 74.3 Å². The van der Waals surface area contributed by atoms with E-state index < -0.39 is 0 Å². The summed E-state index contributed by atoms with van der Waals surface area (Å²) < 4.78 is 5.25. The van der Waals surface area contributed by atoms with Gasteiger partial charge in [0.15, 0.2) is 0 Å². The minimum absolute atomic E-state index is 0.0112. The zero-order chi connectivity index (χ0) is 9.14. The number of esters is 1. The van der Waals surface area contributed by atoms with Crippen molar-refractivity contribution in [3.05, 3.63) is 0 Å². The summed E-state index contributed by atoms with van der Waals surface area (Å²) in [5, 5.41) is 0. The first kappa shape index (κ1) is 9.56. The number of carbonyl (C=O) groups excluding carboxylic acids is 1. The molecule has 1 rings (SSSR count). The maximum Gasteiger partial charge on any atom is 0.309 e. The average molecular weight is 170 g/mol. The molecule has 0 N–H and O–H groups in total. The highest BCUT2D eigenvalue weighted by Gasteiger charge is 2.33. The van der Waals surface area contributed by atoms with Crippen molar-refractivity contribution in [1.29, 1.82) is 0 Å². The van der Waals surface area contributed by atoms with E-state index in [0.717, 1.165) is 12.8 Å². The summed E-state index contributed by atoms with van der Waals surface area (Å²) in [4.78, 5) is 11.1. The predicted octanol–water partition coefficient (Wildman–Crippen LogP) is 2.37. The maximum absolute atomic E-state index is 11.1. The molecule has 1 aliphatic rings. The molecule has 0 aliphatic carbocycles. The van der Waals surface area contributed by atoms with Gasteiger partial charge in [-0.15, -0.1) is 0 Å². The number of carbonyl (C=O) groups is 1. The zero-order valence-corrected chi connectivity index (χ0v) is 8.17. The molecule has 2 heteroatoms. The van der Waals surface area contributed by atoms with Crippen molar-refractivity contribution in [3.8, 4) is 0 Å². The topological polar surface area (TPSA) is 26.3 Å². The number of hydrogen-bond donors (Lipinski definition) is 0. The summed E-state index contributed by atoms with van der Waals surface area (Å²) in [7, 11) is 0. The molecule has 1 heterocycles. The van der Waals surface area contributed by atoms with Crippen LogP contribution in [0, 0.1) is 11.8 Å². The van der Waals surface area contributed by atoms with Crippen molar-refractivity contribution in [2.75, 3.05) is 0 Å². The van der Waals surface area contributed by atoms with E-state index in [-0.39, 0.29) is 18.0 Å². The lowest BCUT2D eigenvalue weighted by atomic mass is 9.94. The van der Waals surface area contributed by atoms with E-state index in [9.17, 15) is 4.79 Å². The van der Waals surface area contributed by atoms with Gasteiger partial charge in [0.1, 0.15) is 6.10 Å². The quantitative estimate of drug-likeness (QED) is 0.608. The number of cyclic esters (lactones) is 1. The fourth-order valence-electron chi connectivity index (χ4n) is 1.75. The highest BCUT2D eigenvalue weighted by atomic mass is 16.6. The van der Waals surface area contributed by atoms with Crippen LogP contribution in [-0.4, -0.2) is 12.1 Å². The van der Waals surface area contributed by atoms with Crippen LogP contribution in [-0.2, 0) is 9.53 Å². The van der Waals surface area contributed by atoms with E-state index >= 15 is 0 Å². The molecule has 3 atom stereocenters. The Morgan fingerprint density at radius 3 is 2.75 bits per heavy atom. The molecule has 2 nitrogen and oxygen atoms in total. The summed E-state index contributed by atoms with van der Waals surface area (Å²) in [6.45, 7) is 6.27. The van der Waals surface area contributed by atoms with Crippen molar-refractivity contribution >= 4 is 5.97 Å². The van der Waals surface area contributed by atoms with Gasteiger partial charge in [-0.05, 0) is 18.8 Å². The predicted molar refractivity (Wildman–Crippen MR) is 47.7 cm³/mol. The van der Waals surface area contributed by atoms with Crippen LogP contribution in [0.2, 0.25) is 0 Å². The first-order chi connectivity index (χ1) is 5.65. The van der Waals surface area contributed by atoms with Gasteiger partial charge in [0.05, 0.1) is 5.92 Å². The van der Waals surface area contributed by atoms with E-state index in [0.29, 0.717) is 5.92 Å². The molecule has 1 saturated heterocycles. The average Bonchev–Trinajstić information content (AvgIpc) is 2.33. The molecule has 1 fully saturated rings. The van der Waals surface area contributed by atoms with Gasteiger partial charge in [-0.1, -0.05) is 27.2 Å². The lowest BCUT2D eigenvalue weighted by molar-refractivity contribution is -0.145. The third kappa shape index (κ3) is 1.99. The van der Waals surface area contributed by atoms with Crippen molar-refractivity contribution < 1.29 is 9.53 Å². The van der Waals surface area contributed by atoms with E-state index in [1.807, 2.05) is 6.92 Å². The van der Waals surface area contributed by atoms with Gasteiger partial charge in [-0.3, -0.25) is 4.79 Å².